The zero-order chi connectivity index (χ0) is 28.8. The second-order valence-corrected chi connectivity index (χ2v) is 15.7. The summed E-state index contributed by atoms with van der Waals surface area (Å²) in [5.74, 6) is 0. The predicted octanol–water partition coefficient (Wildman–Crippen LogP) is 2.76. The number of nitrogens with one attached hydrogen (secondary N) is 1. The van der Waals surface area contributed by atoms with Crippen LogP contribution in [0.5, 0.6) is 0 Å². The number of ether oxygens (including phenoxy) is 1. The van der Waals surface area contributed by atoms with E-state index in [0.29, 0.717) is 40.6 Å². The molecule has 2 aliphatic heterocycles. The lowest BCUT2D eigenvalue weighted by atomic mass is 9.88. The zero-order valence-corrected chi connectivity index (χ0v) is 24.1. The van der Waals surface area contributed by atoms with Crippen molar-refractivity contribution < 1.29 is 30.4 Å². The lowest BCUT2D eigenvalue weighted by molar-refractivity contribution is 0.150. The Kier molecular flexibility index (Phi) is 6.15. The first-order chi connectivity index (χ1) is 18.7. The predicted molar refractivity (Wildman–Crippen MR) is 140 cm³/mol. The fraction of sp³-hybridized carbons (Fsp3) is 0.565. The monoisotopic (exact) mass is 613 g/mol. The Morgan fingerprint density at radius 1 is 1.20 bits per heavy atom. The van der Waals surface area contributed by atoms with Gasteiger partial charge < -0.3 is 4.74 Å². The van der Waals surface area contributed by atoms with Gasteiger partial charge in [-0.25, -0.2) is 32.2 Å². The van der Waals surface area contributed by atoms with Crippen LogP contribution >= 0.6 is 11.3 Å². The van der Waals surface area contributed by atoms with Crippen LogP contribution in [0.1, 0.15) is 50.1 Å². The van der Waals surface area contributed by atoms with E-state index in [1.54, 1.807) is 20.9 Å². The quantitative estimate of drug-likeness (QED) is 0.302. The summed E-state index contributed by atoms with van der Waals surface area (Å²) in [6, 6.07) is 2.87. The molecule has 2 atom stereocenters. The van der Waals surface area contributed by atoms with Gasteiger partial charge in [-0.15, -0.1) is 14.9 Å². The van der Waals surface area contributed by atoms with Crippen LogP contribution in [0.25, 0.3) is 26.4 Å². The van der Waals surface area contributed by atoms with Gasteiger partial charge in [0.1, 0.15) is 17.4 Å². The summed E-state index contributed by atoms with van der Waals surface area (Å²) in [6.45, 7) is 10.9. The molecule has 0 spiro atoms. The third kappa shape index (κ3) is 4.23. The molecule has 2 saturated heterocycles. The molecule has 1 aliphatic carbocycles. The minimum atomic E-state index is -4.19. The van der Waals surface area contributed by atoms with Gasteiger partial charge in [0.15, 0.2) is 10.0 Å². The lowest BCUT2D eigenvalue weighted by Gasteiger charge is -2.29. The normalized spacial score (nSPS) is 24.4. The number of halogens is 2. The number of epoxide rings is 1. The highest BCUT2D eigenvalue weighted by Crippen LogP contribution is 2.55. The molecule has 1 aromatic carbocycles. The van der Waals surface area contributed by atoms with Crippen LogP contribution in [0.4, 0.5) is 8.78 Å². The highest BCUT2D eigenvalue weighted by atomic mass is 32.2. The van der Waals surface area contributed by atoms with Crippen molar-refractivity contribution in [1.82, 2.24) is 29.0 Å². The minimum absolute atomic E-state index is 0.0952. The number of benzene rings is 1. The molecule has 17 heteroatoms. The Labute approximate surface area is 233 Å². The maximum Gasteiger partial charge on any atom is 0.299 e. The zero-order valence-electron chi connectivity index (χ0n) is 21.6. The molecule has 3 fully saturated rings. The summed E-state index contributed by atoms with van der Waals surface area (Å²) in [5.41, 5.74) is -0.976. The van der Waals surface area contributed by atoms with Crippen LogP contribution in [-0.2, 0) is 37.4 Å². The largest absolute Gasteiger partial charge is 0.359 e. The Morgan fingerprint density at radius 2 is 1.93 bits per heavy atom. The number of alkyl halides is 2. The average Bonchev–Trinajstić information content (AvgIpc) is 3.74. The van der Waals surface area contributed by atoms with Gasteiger partial charge in [-0.2, -0.15) is 9.40 Å². The van der Waals surface area contributed by atoms with E-state index in [-0.39, 0.29) is 35.1 Å². The van der Waals surface area contributed by atoms with Crippen LogP contribution in [-0.4, -0.2) is 71.2 Å². The molecule has 40 heavy (non-hydrogen) atoms. The Bertz CT molecular complexity index is 1790. The van der Waals surface area contributed by atoms with Crippen molar-refractivity contribution >= 4 is 42.3 Å². The van der Waals surface area contributed by atoms with Gasteiger partial charge in [-0.3, -0.25) is 9.53 Å². The van der Waals surface area contributed by atoms with E-state index in [4.69, 9.17) is 11.3 Å². The van der Waals surface area contributed by atoms with E-state index in [0.717, 1.165) is 0 Å². The molecule has 12 nitrogen and oxygen atoms in total. The van der Waals surface area contributed by atoms with E-state index in [1.807, 2.05) is 0 Å². The molecule has 1 saturated carbocycles. The summed E-state index contributed by atoms with van der Waals surface area (Å²) in [7, 11) is -6.07. The SMILES string of the molecule is [C-]#[N+]C1(NS(=O)(=O)c2cc(C34CCN(S(=O)(=O)C(C)C)CC3O4)c3c(c2)c(-c2nnc(C(F)F)s2)nn3C)CC1. The van der Waals surface area contributed by atoms with Crippen LogP contribution in [0.3, 0.4) is 0 Å². The van der Waals surface area contributed by atoms with Gasteiger partial charge >= 0.3 is 0 Å². The number of sulfonamides is 2. The molecule has 3 aliphatic rings. The van der Waals surface area contributed by atoms with Crippen molar-refractivity contribution in [2.45, 2.75) is 67.0 Å². The molecule has 2 aromatic heterocycles. The van der Waals surface area contributed by atoms with E-state index in [9.17, 15) is 25.6 Å². The Balaban J connectivity index is 1.50. The lowest BCUT2D eigenvalue weighted by Crippen LogP contribution is -2.45. The van der Waals surface area contributed by atoms with Crippen molar-refractivity contribution in [1.29, 1.82) is 0 Å². The highest BCUT2D eigenvalue weighted by molar-refractivity contribution is 7.89. The summed E-state index contributed by atoms with van der Waals surface area (Å²) < 4.78 is 90.7. The van der Waals surface area contributed by atoms with Gasteiger partial charge in [0.05, 0.1) is 28.5 Å². The number of fused-ring (bicyclic) bond motifs is 2. The third-order valence-corrected chi connectivity index (χ3v) is 12.3. The number of hydrogen-bond donors (Lipinski definition) is 1. The van der Waals surface area contributed by atoms with Crippen molar-refractivity contribution in [2.75, 3.05) is 13.1 Å². The molecular formula is C23H25F2N7O5S3. The van der Waals surface area contributed by atoms with E-state index < -0.39 is 54.1 Å². The van der Waals surface area contributed by atoms with E-state index in [1.165, 1.54) is 21.1 Å². The smallest absolute Gasteiger partial charge is 0.299 e. The van der Waals surface area contributed by atoms with E-state index in [2.05, 4.69) is 24.9 Å². The molecule has 214 valence electrons. The highest BCUT2D eigenvalue weighted by Gasteiger charge is 2.63. The standard InChI is InChI=1S/C23H25F2N7O5S3/c1-12(2)40(35,36)32-8-7-23(16(11-32)37-23)15-10-13(39(33,34)30-22(26-3)5-6-22)9-14-17(29-31(4)18(14)15)20-27-28-21(38-20)19(24)25/h9-10,12,16,19,30H,5-8,11H2,1-2,4H3. The van der Waals surface area contributed by atoms with Crippen LogP contribution in [0.15, 0.2) is 17.0 Å². The molecule has 4 heterocycles. The molecule has 3 aromatic rings. The first-order valence-corrected chi connectivity index (χ1v) is 16.3. The molecule has 2 unspecified atom stereocenters. The maximum absolute atomic E-state index is 13.5. The van der Waals surface area contributed by atoms with Crippen LogP contribution < -0.4 is 4.72 Å². The fourth-order valence-corrected chi connectivity index (χ4v) is 8.60. The minimum Gasteiger partial charge on any atom is -0.359 e. The molecular weight excluding hydrogens is 588 g/mol. The van der Waals surface area contributed by atoms with Crippen molar-refractivity contribution in [3.8, 4) is 10.7 Å². The molecule has 1 N–H and O–H groups in total. The number of hydrogen-bond acceptors (Lipinski definition) is 9. The second-order valence-electron chi connectivity index (χ2n) is 10.5. The molecule has 0 amide bonds. The molecule has 0 radical (unpaired) electrons. The van der Waals surface area contributed by atoms with Crippen LogP contribution in [0, 0.1) is 6.57 Å². The van der Waals surface area contributed by atoms with Gasteiger partial charge in [0.25, 0.3) is 12.1 Å². The van der Waals surface area contributed by atoms with Gasteiger partial charge in [0.2, 0.25) is 20.0 Å². The number of aryl methyl sites for hydroxylation is 1. The second kappa shape index (κ2) is 8.94. The first-order valence-electron chi connectivity index (χ1n) is 12.5. The first kappa shape index (κ1) is 27.5. The van der Waals surface area contributed by atoms with Crippen molar-refractivity contribution in [2.24, 2.45) is 7.05 Å². The fourth-order valence-electron chi connectivity index (χ4n) is 5.20. The maximum atomic E-state index is 13.5. The number of nitrogens with zero attached hydrogens (tertiary/aromatic N) is 6. The Morgan fingerprint density at radius 3 is 2.50 bits per heavy atom. The topological polar surface area (TPSA) is 144 Å². The van der Waals surface area contributed by atoms with Crippen molar-refractivity contribution in [3.63, 3.8) is 0 Å². The van der Waals surface area contributed by atoms with Gasteiger partial charge in [0, 0.05) is 31.1 Å². The average molecular weight is 614 g/mol. The number of rotatable bonds is 8. The molecule has 6 rings (SSSR count). The van der Waals surface area contributed by atoms with E-state index >= 15 is 0 Å². The van der Waals surface area contributed by atoms with Gasteiger partial charge in [-0.05, 0) is 32.4 Å². The summed E-state index contributed by atoms with van der Waals surface area (Å²) >= 11 is 0.658. The summed E-state index contributed by atoms with van der Waals surface area (Å²) in [6.07, 6.45) is -2.30. The summed E-state index contributed by atoms with van der Waals surface area (Å²) in [4.78, 5) is 3.30. The van der Waals surface area contributed by atoms with Crippen LogP contribution in [0.2, 0.25) is 0 Å². The van der Waals surface area contributed by atoms with Crippen molar-refractivity contribution in [3.05, 3.63) is 34.1 Å². The third-order valence-electron chi connectivity index (χ3n) is 7.64. The molecule has 0 bridgehead atoms. The number of aromatic nitrogens is 4. The van der Waals surface area contributed by atoms with Gasteiger partial charge in [-0.1, -0.05) is 11.3 Å². The number of piperidine rings is 1. The summed E-state index contributed by atoms with van der Waals surface area (Å²) in [5, 5.41) is 11.3. The Hall–Kier alpha value is -2.62.